The van der Waals surface area contributed by atoms with E-state index in [1.807, 2.05) is 36.7 Å². The second kappa shape index (κ2) is 6.32. The molecule has 0 atom stereocenters. The lowest BCUT2D eigenvalue weighted by atomic mass is 10.1. The Morgan fingerprint density at radius 2 is 1.92 bits per heavy atom. The molecule has 7 heteroatoms. The Bertz CT molecular complexity index is 975. The van der Waals surface area contributed by atoms with Gasteiger partial charge in [0.05, 0.1) is 26.2 Å². The van der Waals surface area contributed by atoms with Crippen LogP contribution in [0.4, 0.5) is 0 Å². The fourth-order valence-corrected chi connectivity index (χ4v) is 3.00. The number of nitrogens with zero attached hydrogens (tertiary/aromatic N) is 2. The molecule has 0 spiro atoms. The Balaban J connectivity index is 2.07. The van der Waals surface area contributed by atoms with E-state index in [9.17, 15) is 4.79 Å². The summed E-state index contributed by atoms with van der Waals surface area (Å²) in [5, 5.41) is 5.27. The summed E-state index contributed by atoms with van der Waals surface area (Å²) in [6.45, 7) is 4.36. The Hall–Kier alpha value is -2.28. The Kier molecular flexibility index (Phi) is 4.36. The van der Waals surface area contributed by atoms with Crippen LogP contribution in [0.5, 0.6) is 11.5 Å². The Labute approximate surface area is 147 Å². The van der Waals surface area contributed by atoms with Crippen molar-refractivity contribution in [2.45, 2.75) is 20.4 Å². The topological polar surface area (TPSA) is 66.5 Å². The third-order valence-corrected chi connectivity index (χ3v) is 4.95. The monoisotopic (exact) mass is 392 g/mol. The Morgan fingerprint density at radius 1 is 1.21 bits per heavy atom. The maximum atomic E-state index is 11.8. The first-order valence-corrected chi connectivity index (χ1v) is 8.12. The van der Waals surface area contributed by atoms with Gasteiger partial charge in [0.15, 0.2) is 11.5 Å². The molecule has 0 aliphatic rings. The number of fused-ring (bicyclic) bond motifs is 1. The SMILES string of the molecule is COc1ccc(Cn2nc3oc(=O)c(Br)c(C)c3c2C)cc1OC. The number of halogens is 1. The summed E-state index contributed by atoms with van der Waals surface area (Å²) in [7, 11) is 3.20. The van der Waals surface area contributed by atoms with Gasteiger partial charge in [0.2, 0.25) is 5.71 Å². The molecule has 6 nitrogen and oxygen atoms in total. The average Bonchev–Trinajstić information content (AvgIpc) is 2.88. The van der Waals surface area contributed by atoms with Crippen LogP contribution in [0.2, 0.25) is 0 Å². The van der Waals surface area contributed by atoms with Crippen LogP contribution in [-0.4, -0.2) is 24.0 Å². The fraction of sp³-hybridized carbons (Fsp3) is 0.294. The average molecular weight is 393 g/mol. The van der Waals surface area contributed by atoms with Crippen LogP contribution in [-0.2, 0) is 6.54 Å². The second-order valence-corrected chi connectivity index (χ2v) is 6.23. The van der Waals surface area contributed by atoms with Crippen molar-refractivity contribution in [3.63, 3.8) is 0 Å². The normalized spacial score (nSPS) is 11.0. The minimum Gasteiger partial charge on any atom is -0.493 e. The molecule has 0 saturated heterocycles. The minimum absolute atomic E-state index is 0.346. The van der Waals surface area contributed by atoms with E-state index in [1.165, 1.54) is 0 Å². The molecule has 3 rings (SSSR count). The highest BCUT2D eigenvalue weighted by molar-refractivity contribution is 9.10. The molecule has 0 unspecified atom stereocenters. The molecule has 2 heterocycles. The third-order valence-electron chi connectivity index (χ3n) is 4.03. The Morgan fingerprint density at radius 3 is 2.58 bits per heavy atom. The van der Waals surface area contributed by atoms with Gasteiger partial charge in [0.1, 0.15) is 4.47 Å². The second-order valence-electron chi connectivity index (χ2n) is 5.44. The highest BCUT2D eigenvalue weighted by atomic mass is 79.9. The summed E-state index contributed by atoms with van der Waals surface area (Å²) < 4.78 is 18.1. The van der Waals surface area contributed by atoms with E-state index in [4.69, 9.17) is 13.9 Å². The van der Waals surface area contributed by atoms with E-state index in [0.29, 0.717) is 28.2 Å². The van der Waals surface area contributed by atoms with Crippen LogP contribution in [0.25, 0.3) is 11.1 Å². The molecule has 126 valence electrons. The van der Waals surface area contributed by atoms with Crippen molar-refractivity contribution >= 4 is 27.0 Å². The highest BCUT2D eigenvalue weighted by Crippen LogP contribution is 2.29. The number of aromatic nitrogens is 2. The predicted octanol–water partition coefficient (Wildman–Crippen LogP) is 3.43. The number of hydrogen-bond donors (Lipinski definition) is 0. The number of benzene rings is 1. The van der Waals surface area contributed by atoms with Gasteiger partial charge < -0.3 is 13.9 Å². The van der Waals surface area contributed by atoms with Crippen molar-refractivity contribution in [3.05, 3.63) is 49.9 Å². The van der Waals surface area contributed by atoms with E-state index in [2.05, 4.69) is 21.0 Å². The number of ether oxygens (including phenoxy) is 2. The highest BCUT2D eigenvalue weighted by Gasteiger charge is 2.17. The molecule has 2 aromatic heterocycles. The van der Waals surface area contributed by atoms with Gasteiger partial charge in [0.25, 0.3) is 0 Å². The number of aryl methyl sites for hydroxylation is 2. The van der Waals surface area contributed by atoms with Crippen molar-refractivity contribution in [1.29, 1.82) is 0 Å². The zero-order chi connectivity index (χ0) is 17.4. The van der Waals surface area contributed by atoms with E-state index >= 15 is 0 Å². The molecule has 24 heavy (non-hydrogen) atoms. The molecule has 0 amide bonds. The van der Waals surface area contributed by atoms with Gasteiger partial charge in [-0.05, 0) is 53.0 Å². The number of rotatable bonds is 4. The summed E-state index contributed by atoms with van der Waals surface area (Å²) in [5.41, 5.74) is 2.69. The van der Waals surface area contributed by atoms with Crippen LogP contribution < -0.4 is 15.1 Å². The van der Waals surface area contributed by atoms with Crippen LogP contribution in [0.3, 0.4) is 0 Å². The molecular weight excluding hydrogens is 376 g/mol. The summed E-state index contributed by atoms with van der Waals surface area (Å²) in [4.78, 5) is 11.8. The first-order valence-electron chi connectivity index (χ1n) is 7.33. The molecule has 1 aromatic carbocycles. The van der Waals surface area contributed by atoms with E-state index in [0.717, 1.165) is 22.2 Å². The number of hydrogen-bond acceptors (Lipinski definition) is 5. The first kappa shape index (κ1) is 16.6. The van der Waals surface area contributed by atoms with Crippen molar-refractivity contribution in [2.75, 3.05) is 14.2 Å². The molecule has 0 radical (unpaired) electrons. The molecule has 0 bridgehead atoms. The molecular formula is C17H17BrN2O4. The molecule has 3 aromatic rings. The van der Waals surface area contributed by atoms with Crippen LogP contribution in [0.1, 0.15) is 16.8 Å². The van der Waals surface area contributed by atoms with Gasteiger partial charge in [-0.15, -0.1) is 5.10 Å². The lowest BCUT2D eigenvalue weighted by Crippen LogP contribution is -2.04. The van der Waals surface area contributed by atoms with Gasteiger partial charge in [-0.25, -0.2) is 4.79 Å². The fourth-order valence-electron chi connectivity index (χ4n) is 2.72. The standard InChI is InChI=1S/C17H17BrN2O4/c1-9-14-10(2)20(19-16(14)24-17(21)15(9)18)8-11-5-6-12(22-3)13(7-11)23-4/h5-7H,8H2,1-4H3. The zero-order valence-electron chi connectivity index (χ0n) is 13.8. The lowest BCUT2D eigenvalue weighted by molar-refractivity contribution is 0.354. The lowest BCUT2D eigenvalue weighted by Gasteiger charge is -2.10. The van der Waals surface area contributed by atoms with Crippen molar-refractivity contribution < 1.29 is 13.9 Å². The predicted molar refractivity (Wildman–Crippen MR) is 94.1 cm³/mol. The smallest absolute Gasteiger partial charge is 0.352 e. The molecule has 0 aliphatic carbocycles. The quantitative estimate of drug-likeness (QED) is 0.680. The summed E-state index contributed by atoms with van der Waals surface area (Å²) in [6, 6.07) is 5.71. The van der Waals surface area contributed by atoms with Crippen molar-refractivity contribution in [1.82, 2.24) is 9.78 Å². The van der Waals surface area contributed by atoms with E-state index in [-0.39, 0.29) is 0 Å². The summed E-state index contributed by atoms with van der Waals surface area (Å²) in [5.74, 6) is 1.34. The van der Waals surface area contributed by atoms with Gasteiger partial charge in [0, 0.05) is 5.69 Å². The third kappa shape index (κ3) is 2.69. The van der Waals surface area contributed by atoms with Gasteiger partial charge >= 0.3 is 5.63 Å². The van der Waals surface area contributed by atoms with Crippen LogP contribution >= 0.6 is 15.9 Å². The van der Waals surface area contributed by atoms with Crippen LogP contribution in [0.15, 0.2) is 31.9 Å². The minimum atomic E-state index is -0.421. The van der Waals surface area contributed by atoms with Gasteiger partial charge in [-0.1, -0.05) is 6.07 Å². The van der Waals surface area contributed by atoms with E-state index < -0.39 is 5.63 Å². The molecule has 0 N–H and O–H groups in total. The molecule has 0 saturated carbocycles. The number of methoxy groups -OCH3 is 2. The largest absolute Gasteiger partial charge is 0.493 e. The van der Waals surface area contributed by atoms with Crippen molar-refractivity contribution in [3.8, 4) is 11.5 Å². The van der Waals surface area contributed by atoms with E-state index in [1.54, 1.807) is 14.2 Å². The van der Waals surface area contributed by atoms with Crippen LogP contribution in [0, 0.1) is 13.8 Å². The molecule has 0 aliphatic heterocycles. The van der Waals surface area contributed by atoms with Gasteiger partial charge in [-0.2, -0.15) is 0 Å². The maximum absolute atomic E-state index is 11.8. The summed E-state index contributed by atoms with van der Waals surface area (Å²) >= 11 is 3.27. The first-order chi connectivity index (χ1) is 11.5. The van der Waals surface area contributed by atoms with Crippen molar-refractivity contribution in [2.24, 2.45) is 0 Å². The zero-order valence-corrected chi connectivity index (χ0v) is 15.4. The molecule has 0 fully saturated rings. The van der Waals surface area contributed by atoms with Gasteiger partial charge in [-0.3, -0.25) is 4.68 Å². The summed E-state index contributed by atoms with van der Waals surface area (Å²) in [6.07, 6.45) is 0. The maximum Gasteiger partial charge on any atom is 0.352 e.